The predicted molar refractivity (Wildman–Crippen MR) is 65.0 cm³/mol. The molecule has 0 radical (unpaired) electrons. The van der Waals surface area contributed by atoms with Crippen LogP contribution in [0.15, 0.2) is 30.3 Å². The van der Waals surface area contributed by atoms with Crippen molar-refractivity contribution in [3.63, 3.8) is 0 Å². The lowest BCUT2D eigenvalue weighted by Crippen LogP contribution is -1.74. The quantitative estimate of drug-likeness (QED) is 0.485. The molecule has 14 heavy (non-hydrogen) atoms. The second kappa shape index (κ2) is 6.10. The first-order valence-corrected chi connectivity index (χ1v) is 9.52. The third kappa shape index (κ3) is 6.01. The molecule has 0 saturated carbocycles. The minimum atomic E-state index is -3.93. The minimum Gasteiger partial charge on any atom is -0.316 e. The Morgan fingerprint density at radius 1 is 1.21 bits per heavy atom. The largest absolute Gasteiger partial charge is 0.395 e. The van der Waals surface area contributed by atoms with Gasteiger partial charge in [0.2, 0.25) is 0 Å². The number of hydrogen-bond donors (Lipinski definition) is 2. The van der Waals surface area contributed by atoms with Crippen molar-refractivity contribution in [2.75, 3.05) is 0 Å². The van der Waals surface area contributed by atoms with Crippen molar-refractivity contribution in [3.8, 4) is 0 Å². The van der Waals surface area contributed by atoms with Gasteiger partial charge in [0.05, 0.1) is 0 Å². The van der Waals surface area contributed by atoms with E-state index in [-0.39, 0.29) is 0 Å². The van der Waals surface area contributed by atoms with Gasteiger partial charge in [-0.05, 0) is 15.4 Å². The molecule has 2 N–H and O–H groups in total. The molecule has 0 bridgehead atoms. The summed E-state index contributed by atoms with van der Waals surface area (Å²) in [4.78, 5) is 17.1. The molecule has 0 aliphatic heterocycles. The number of benzene rings is 1. The van der Waals surface area contributed by atoms with E-state index in [1.54, 1.807) is 0 Å². The van der Waals surface area contributed by atoms with E-state index in [4.69, 9.17) is 9.79 Å². The lowest BCUT2D eigenvalue weighted by Gasteiger charge is -2.01. The van der Waals surface area contributed by atoms with E-state index in [1.807, 2.05) is 30.3 Å². The smallest absolute Gasteiger partial charge is 0.316 e. The van der Waals surface area contributed by atoms with E-state index in [0.717, 1.165) is 21.1 Å². The van der Waals surface area contributed by atoms with Gasteiger partial charge in [0.15, 0.2) is 0 Å². The molecule has 7 heteroatoms. The molecule has 0 saturated heterocycles. The highest BCUT2D eigenvalue weighted by Crippen LogP contribution is 2.60. The maximum Gasteiger partial charge on any atom is 0.395 e. The van der Waals surface area contributed by atoms with Crippen LogP contribution in [0.1, 0.15) is 5.56 Å². The van der Waals surface area contributed by atoms with Crippen LogP contribution in [0.3, 0.4) is 0 Å². The minimum absolute atomic E-state index is 0.599. The molecule has 3 nitrogen and oxygen atoms in total. The first kappa shape index (κ1) is 12.5. The Labute approximate surface area is 93.8 Å². The normalized spacial score (nSPS) is 11.6. The Bertz CT molecular complexity index is 313. The maximum atomic E-state index is 10.5. The average Bonchev–Trinajstić information content (AvgIpc) is 2.13. The van der Waals surface area contributed by atoms with E-state index in [0.29, 0.717) is 10.4 Å². The molecule has 1 aromatic carbocycles. The van der Waals surface area contributed by atoms with E-state index >= 15 is 0 Å². The molecule has 0 aliphatic rings. The van der Waals surface area contributed by atoms with Gasteiger partial charge in [-0.25, -0.2) is 4.57 Å². The highest BCUT2D eigenvalue weighted by molar-refractivity contribution is 9.20. The summed E-state index contributed by atoms with van der Waals surface area (Å²) in [6.45, 7) is -3.93. The molecule has 0 spiro atoms. The molecule has 0 amide bonds. The number of rotatable bonds is 5. The Hall–Kier alpha value is 0.420. The molecule has 0 aliphatic carbocycles. The van der Waals surface area contributed by atoms with Crippen LogP contribution in [-0.4, -0.2) is 9.79 Å². The molecule has 1 rings (SSSR count). The third-order valence-corrected chi connectivity index (χ3v) is 8.26. The van der Waals surface area contributed by atoms with Gasteiger partial charge in [-0.3, -0.25) is 0 Å². The molecule has 0 aromatic heterocycles. The van der Waals surface area contributed by atoms with Crippen molar-refractivity contribution < 1.29 is 14.4 Å². The summed E-state index contributed by atoms with van der Waals surface area (Å²) in [6.07, 6.45) is 0. The fourth-order valence-corrected chi connectivity index (χ4v) is 6.98. The van der Waals surface area contributed by atoms with E-state index in [1.165, 1.54) is 10.8 Å². The van der Waals surface area contributed by atoms with Gasteiger partial charge in [0, 0.05) is 16.2 Å². The lowest BCUT2D eigenvalue weighted by atomic mass is 10.2. The summed E-state index contributed by atoms with van der Waals surface area (Å²) in [5.41, 5.74) is 1.15. The maximum absolute atomic E-state index is 10.5. The fourth-order valence-electron chi connectivity index (χ4n) is 0.727. The first-order valence-electron chi connectivity index (χ1n) is 3.65. The Morgan fingerprint density at radius 3 is 2.43 bits per heavy atom. The highest BCUT2D eigenvalue weighted by Gasteiger charge is 2.14. The molecular formula is C7H9O3PS3. The van der Waals surface area contributed by atoms with Crippen molar-refractivity contribution in [3.05, 3.63) is 35.9 Å². The summed E-state index contributed by atoms with van der Waals surface area (Å²) in [5.74, 6) is 0.749. The van der Waals surface area contributed by atoms with E-state index in [9.17, 15) is 4.57 Å². The van der Waals surface area contributed by atoms with E-state index in [2.05, 4.69) is 0 Å². The fraction of sp³-hybridized carbons (Fsp3) is 0.143. The van der Waals surface area contributed by atoms with Crippen LogP contribution in [0.2, 0.25) is 0 Å². The Balaban J connectivity index is 2.20. The zero-order valence-electron chi connectivity index (χ0n) is 7.07. The predicted octanol–water partition coefficient (Wildman–Crippen LogP) is 3.31. The van der Waals surface area contributed by atoms with E-state index < -0.39 is 6.80 Å². The SMILES string of the molecule is O=P(O)(O)SSSCc1ccccc1. The van der Waals surface area contributed by atoms with Gasteiger partial charge >= 0.3 is 6.80 Å². The Morgan fingerprint density at radius 2 is 1.86 bits per heavy atom. The van der Waals surface area contributed by atoms with Gasteiger partial charge in [0.1, 0.15) is 0 Å². The second-order valence-electron chi connectivity index (χ2n) is 2.38. The highest BCUT2D eigenvalue weighted by atomic mass is 33.6. The van der Waals surface area contributed by atoms with Crippen LogP contribution in [0.4, 0.5) is 0 Å². The van der Waals surface area contributed by atoms with Crippen molar-refractivity contribution in [2.24, 2.45) is 0 Å². The van der Waals surface area contributed by atoms with Gasteiger partial charge in [-0.15, -0.1) is 0 Å². The van der Waals surface area contributed by atoms with Crippen LogP contribution in [0.25, 0.3) is 0 Å². The molecule has 0 unspecified atom stereocenters. The van der Waals surface area contributed by atoms with Crippen LogP contribution in [0, 0.1) is 0 Å². The van der Waals surface area contributed by atoms with Crippen molar-refractivity contribution in [2.45, 2.75) is 5.75 Å². The van der Waals surface area contributed by atoms with Crippen molar-refractivity contribution >= 4 is 37.8 Å². The molecule has 0 fully saturated rings. The van der Waals surface area contributed by atoms with Crippen molar-refractivity contribution in [1.29, 1.82) is 0 Å². The Kier molecular flexibility index (Phi) is 5.44. The zero-order valence-corrected chi connectivity index (χ0v) is 10.4. The average molecular weight is 268 g/mol. The molecular weight excluding hydrogens is 259 g/mol. The first-order chi connectivity index (χ1) is 6.58. The van der Waals surface area contributed by atoms with Gasteiger partial charge in [-0.1, -0.05) is 41.1 Å². The van der Waals surface area contributed by atoms with Gasteiger partial charge in [0.25, 0.3) is 0 Å². The summed E-state index contributed by atoms with van der Waals surface area (Å²) in [5, 5.41) is 0. The molecule has 1 aromatic rings. The number of hydrogen-bond acceptors (Lipinski definition) is 4. The van der Waals surface area contributed by atoms with Crippen LogP contribution in [0.5, 0.6) is 0 Å². The molecule has 78 valence electrons. The monoisotopic (exact) mass is 268 g/mol. The topological polar surface area (TPSA) is 57.5 Å². The lowest BCUT2D eigenvalue weighted by molar-refractivity contribution is 0.397. The zero-order chi connectivity index (χ0) is 10.4. The third-order valence-electron chi connectivity index (χ3n) is 1.24. The van der Waals surface area contributed by atoms with Gasteiger partial charge < -0.3 is 9.79 Å². The summed E-state index contributed by atoms with van der Waals surface area (Å²) in [7, 11) is 3.14. The van der Waals surface area contributed by atoms with Crippen LogP contribution >= 0.6 is 37.8 Å². The standard InChI is InChI=1S/C7H9O3PS3/c8-11(9,10)13-14-12-6-7-4-2-1-3-5-7/h1-5H,6H2,(H2,8,9,10). The summed E-state index contributed by atoms with van der Waals surface area (Å²) >= 11 is 0. The van der Waals surface area contributed by atoms with Crippen LogP contribution < -0.4 is 0 Å². The summed E-state index contributed by atoms with van der Waals surface area (Å²) in [6, 6.07) is 9.78. The van der Waals surface area contributed by atoms with Crippen molar-refractivity contribution in [1.82, 2.24) is 0 Å². The second-order valence-corrected chi connectivity index (χ2v) is 9.73. The summed E-state index contributed by atoms with van der Waals surface area (Å²) < 4.78 is 10.5. The van der Waals surface area contributed by atoms with Crippen LogP contribution in [-0.2, 0) is 10.3 Å². The van der Waals surface area contributed by atoms with Gasteiger partial charge in [-0.2, -0.15) is 0 Å². The molecule has 0 heterocycles. The molecule has 0 atom stereocenters.